The van der Waals surface area contributed by atoms with E-state index in [2.05, 4.69) is 0 Å². The molecule has 1 aliphatic rings. The molecule has 0 aliphatic carbocycles. The molecule has 2 atom stereocenters. The van der Waals surface area contributed by atoms with Gasteiger partial charge in [0.2, 0.25) is 0 Å². The van der Waals surface area contributed by atoms with Crippen LogP contribution in [0.5, 0.6) is 0 Å². The molecule has 0 aromatic heterocycles. The second-order valence-electron chi connectivity index (χ2n) is 3.66. The number of ether oxygens (including phenoxy) is 1. The van der Waals surface area contributed by atoms with E-state index in [4.69, 9.17) is 4.74 Å². The van der Waals surface area contributed by atoms with Crippen molar-refractivity contribution in [2.75, 3.05) is 13.2 Å². The standard InChI is InChI=1S/C9H14F3NO2/c1-3-7-5-15-6(2)4-13(7)8(14)9(10,11)12/h6-7H,3-5H2,1-2H3. The zero-order chi connectivity index (χ0) is 11.6. The van der Waals surface area contributed by atoms with Crippen molar-refractivity contribution in [1.82, 2.24) is 4.90 Å². The Morgan fingerprint density at radius 1 is 1.53 bits per heavy atom. The van der Waals surface area contributed by atoms with E-state index in [1.165, 1.54) is 0 Å². The van der Waals surface area contributed by atoms with Crippen LogP contribution in [0.2, 0.25) is 0 Å². The number of hydrogen-bond acceptors (Lipinski definition) is 2. The summed E-state index contributed by atoms with van der Waals surface area (Å²) in [6, 6.07) is -0.463. The van der Waals surface area contributed by atoms with Gasteiger partial charge in [0.25, 0.3) is 0 Å². The SMILES string of the molecule is CCC1COC(C)CN1C(=O)C(F)(F)F. The number of nitrogens with zero attached hydrogens (tertiary/aromatic N) is 1. The Kier molecular flexibility index (Phi) is 3.59. The largest absolute Gasteiger partial charge is 0.471 e. The second-order valence-corrected chi connectivity index (χ2v) is 3.66. The molecule has 3 nitrogen and oxygen atoms in total. The number of morpholine rings is 1. The predicted molar refractivity (Wildman–Crippen MR) is 47.3 cm³/mol. The highest BCUT2D eigenvalue weighted by Gasteiger charge is 2.45. The first-order chi connectivity index (χ1) is 6.86. The van der Waals surface area contributed by atoms with Crippen LogP contribution in [-0.4, -0.2) is 42.3 Å². The first kappa shape index (κ1) is 12.3. The van der Waals surface area contributed by atoms with Crippen LogP contribution in [0.3, 0.4) is 0 Å². The van der Waals surface area contributed by atoms with Gasteiger partial charge in [-0.2, -0.15) is 13.2 Å². The number of halogens is 3. The van der Waals surface area contributed by atoms with Gasteiger partial charge >= 0.3 is 12.1 Å². The first-order valence-corrected chi connectivity index (χ1v) is 4.85. The molecule has 0 bridgehead atoms. The van der Waals surface area contributed by atoms with Crippen LogP contribution in [0.4, 0.5) is 13.2 Å². The number of alkyl halides is 3. The van der Waals surface area contributed by atoms with E-state index in [0.717, 1.165) is 4.90 Å². The molecule has 0 aromatic rings. The number of carbonyl (C=O) groups excluding carboxylic acids is 1. The number of rotatable bonds is 1. The van der Waals surface area contributed by atoms with Gasteiger partial charge in [-0.3, -0.25) is 4.79 Å². The van der Waals surface area contributed by atoms with Crippen molar-refractivity contribution >= 4 is 5.91 Å². The highest BCUT2D eigenvalue weighted by Crippen LogP contribution is 2.23. The lowest BCUT2D eigenvalue weighted by molar-refractivity contribution is -0.195. The molecule has 15 heavy (non-hydrogen) atoms. The van der Waals surface area contributed by atoms with Gasteiger partial charge in [-0.25, -0.2) is 0 Å². The summed E-state index contributed by atoms with van der Waals surface area (Å²) in [5.41, 5.74) is 0. The Morgan fingerprint density at radius 2 is 2.13 bits per heavy atom. The van der Waals surface area contributed by atoms with Gasteiger partial charge in [0.15, 0.2) is 0 Å². The highest BCUT2D eigenvalue weighted by molar-refractivity contribution is 5.82. The molecule has 0 saturated carbocycles. The third-order valence-corrected chi connectivity index (χ3v) is 2.44. The molecule has 0 N–H and O–H groups in total. The normalized spacial score (nSPS) is 27.9. The van der Waals surface area contributed by atoms with Gasteiger partial charge in [-0.15, -0.1) is 0 Å². The van der Waals surface area contributed by atoms with E-state index in [0.29, 0.717) is 6.42 Å². The van der Waals surface area contributed by atoms with E-state index in [-0.39, 0.29) is 19.3 Å². The Morgan fingerprint density at radius 3 is 2.60 bits per heavy atom. The van der Waals surface area contributed by atoms with Gasteiger partial charge in [-0.1, -0.05) is 6.92 Å². The Bertz CT molecular complexity index is 242. The smallest absolute Gasteiger partial charge is 0.375 e. The third kappa shape index (κ3) is 2.84. The summed E-state index contributed by atoms with van der Waals surface area (Å²) in [6.45, 7) is 3.58. The monoisotopic (exact) mass is 225 g/mol. The molecular formula is C9H14F3NO2. The summed E-state index contributed by atoms with van der Waals surface area (Å²) in [5, 5.41) is 0. The zero-order valence-electron chi connectivity index (χ0n) is 8.67. The third-order valence-electron chi connectivity index (χ3n) is 2.44. The highest BCUT2D eigenvalue weighted by atomic mass is 19.4. The van der Waals surface area contributed by atoms with Gasteiger partial charge in [0.05, 0.1) is 18.8 Å². The summed E-state index contributed by atoms with van der Waals surface area (Å²) >= 11 is 0. The van der Waals surface area contributed by atoms with Crippen LogP contribution in [0.15, 0.2) is 0 Å². The summed E-state index contributed by atoms with van der Waals surface area (Å²) < 4.78 is 41.9. The molecule has 6 heteroatoms. The lowest BCUT2D eigenvalue weighted by Crippen LogP contribution is -2.55. The van der Waals surface area contributed by atoms with Crippen molar-refractivity contribution in [3.63, 3.8) is 0 Å². The van der Waals surface area contributed by atoms with E-state index in [1.54, 1.807) is 13.8 Å². The van der Waals surface area contributed by atoms with Crippen LogP contribution in [0.1, 0.15) is 20.3 Å². The van der Waals surface area contributed by atoms with E-state index in [9.17, 15) is 18.0 Å². The fourth-order valence-electron chi connectivity index (χ4n) is 1.59. The number of amides is 1. The topological polar surface area (TPSA) is 29.5 Å². The summed E-state index contributed by atoms with van der Waals surface area (Å²) in [4.78, 5) is 11.9. The molecule has 1 aliphatic heterocycles. The maximum absolute atomic E-state index is 12.2. The van der Waals surface area contributed by atoms with Crippen molar-refractivity contribution < 1.29 is 22.7 Å². The second kappa shape index (κ2) is 4.38. The van der Waals surface area contributed by atoms with Gasteiger partial charge in [0.1, 0.15) is 0 Å². The fourth-order valence-corrected chi connectivity index (χ4v) is 1.59. The zero-order valence-corrected chi connectivity index (χ0v) is 8.67. The van der Waals surface area contributed by atoms with Crippen LogP contribution in [0.25, 0.3) is 0 Å². The maximum atomic E-state index is 12.2. The van der Waals surface area contributed by atoms with Crippen molar-refractivity contribution in [2.24, 2.45) is 0 Å². The Balaban J connectivity index is 2.75. The average molecular weight is 225 g/mol. The quantitative estimate of drug-likeness (QED) is 0.678. The molecule has 2 unspecified atom stereocenters. The number of hydrogen-bond donors (Lipinski definition) is 0. The van der Waals surface area contributed by atoms with Crippen molar-refractivity contribution in [3.05, 3.63) is 0 Å². The fraction of sp³-hybridized carbons (Fsp3) is 0.889. The predicted octanol–water partition coefficient (Wildman–Crippen LogP) is 1.57. The van der Waals surface area contributed by atoms with Crippen molar-refractivity contribution in [1.29, 1.82) is 0 Å². The van der Waals surface area contributed by atoms with Gasteiger partial charge < -0.3 is 9.64 Å². The van der Waals surface area contributed by atoms with Gasteiger partial charge in [-0.05, 0) is 13.3 Å². The minimum atomic E-state index is -4.79. The summed E-state index contributed by atoms with van der Waals surface area (Å²) in [6.07, 6.45) is -4.65. The van der Waals surface area contributed by atoms with Crippen molar-refractivity contribution in [3.8, 4) is 0 Å². The average Bonchev–Trinajstić information content (AvgIpc) is 2.15. The van der Waals surface area contributed by atoms with Crippen LogP contribution >= 0.6 is 0 Å². The minimum absolute atomic E-state index is 0.0108. The van der Waals surface area contributed by atoms with Crippen LogP contribution in [-0.2, 0) is 9.53 Å². The molecular weight excluding hydrogens is 211 g/mol. The number of carbonyl (C=O) groups is 1. The first-order valence-electron chi connectivity index (χ1n) is 4.85. The molecule has 1 rings (SSSR count). The van der Waals surface area contributed by atoms with E-state index < -0.39 is 18.1 Å². The lowest BCUT2D eigenvalue weighted by Gasteiger charge is -2.38. The van der Waals surface area contributed by atoms with E-state index in [1.807, 2.05) is 0 Å². The molecule has 1 amide bonds. The van der Waals surface area contributed by atoms with Gasteiger partial charge in [0, 0.05) is 6.54 Å². The molecule has 0 spiro atoms. The summed E-state index contributed by atoms with van der Waals surface area (Å²) in [5.74, 6) is -1.76. The molecule has 0 aromatic carbocycles. The van der Waals surface area contributed by atoms with Crippen LogP contribution in [0, 0.1) is 0 Å². The molecule has 0 radical (unpaired) electrons. The molecule has 1 heterocycles. The molecule has 1 fully saturated rings. The lowest BCUT2D eigenvalue weighted by atomic mass is 10.1. The minimum Gasteiger partial charge on any atom is -0.375 e. The van der Waals surface area contributed by atoms with Crippen LogP contribution < -0.4 is 0 Å². The Hall–Kier alpha value is -0.780. The Labute approximate surface area is 86.2 Å². The maximum Gasteiger partial charge on any atom is 0.471 e. The summed E-state index contributed by atoms with van der Waals surface area (Å²) in [7, 11) is 0. The van der Waals surface area contributed by atoms with Crippen molar-refractivity contribution in [2.45, 2.75) is 38.6 Å². The molecule has 88 valence electrons. The molecule has 1 saturated heterocycles. The van der Waals surface area contributed by atoms with E-state index >= 15 is 0 Å².